The number of hydrogen-bond donors (Lipinski definition) is 3. The molecule has 2 atom stereocenters. The van der Waals surface area contributed by atoms with Crippen LogP contribution in [0.3, 0.4) is 0 Å². The standard InChI is InChI=1S/C14H17N3O3/c18-14(11-5-1-2-7-15-11)10-8-16-13-9(10)4-3-6-12(13)17(19)20/h3-4,6,8,11,14-16,18H,1-2,5,7H2. The van der Waals surface area contributed by atoms with Gasteiger partial charge >= 0.3 is 0 Å². The molecule has 1 aliphatic heterocycles. The Hall–Kier alpha value is -1.92. The van der Waals surface area contributed by atoms with E-state index in [2.05, 4.69) is 10.3 Å². The minimum Gasteiger partial charge on any atom is -0.387 e. The van der Waals surface area contributed by atoms with Crippen molar-refractivity contribution in [2.24, 2.45) is 0 Å². The molecule has 1 aromatic carbocycles. The summed E-state index contributed by atoms with van der Waals surface area (Å²) in [4.78, 5) is 13.5. The zero-order valence-corrected chi connectivity index (χ0v) is 11.0. The summed E-state index contributed by atoms with van der Waals surface area (Å²) in [5.41, 5.74) is 1.24. The van der Waals surface area contributed by atoms with E-state index in [1.807, 2.05) is 0 Å². The molecule has 2 heterocycles. The summed E-state index contributed by atoms with van der Waals surface area (Å²) < 4.78 is 0. The Balaban J connectivity index is 1.99. The first-order valence-electron chi connectivity index (χ1n) is 6.84. The van der Waals surface area contributed by atoms with Gasteiger partial charge in [-0.15, -0.1) is 0 Å². The van der Waals surface area contributed by atoms with E-state index in [4.69, 9.17) is 0 Å². The fourth-order valence-electron chi connectivity index (χ4n) is 2.92. The van der Waals surface area contributed by atoms with Gasteiger partial charge in [-0.1, -0.05) is 18.6 Å². The molecular formula is C14H17N3O3. The van der Waals surface area contributed by atoms with Crippen LogP contribution < -0.4 is 5.32 Å². The topological polar surface area (TPSA) is 91.2 Å². The van der Waals surface area contributed by atoms with E-state index in [1.54, 1.807) is 18.3 Å². The van der Waals surface area contributed by atoms with Crippen molar-refractivity contribution in [2.75, 3.05) is 6.54 Å². The highest BCUT2D eigenvalue weighted by Gasteiger charge is 2.26. The third-order valence-corrected chi connectivity index (χ3v) is 3.97. The van der Waals surface area contributed by atoms with E-state index >= 15 is 0 Å². The van der Waals surface area contributed by atoms with Crippen molar-refractivity contribution in [2.45, 2.75) is 31.4 Å². The summed E-state index contributed by atoms with van der Waals surface area (Å²) in [5.74, 6) is 0. The van der Waals surface area contributed by atoms with Crippen molar-refractivity contribution in [3.63, 3.8) is 0 Å². The lowest BCUT2D eigenvalue weighted by Crippen LogP contribution is -2.38. The molecule has 20 heavy (non-hydrogen) atoms. The van der Waals surface area contributed by atoms with Gasteiger partial charge in [0.1, 0.15) is 5.52 Å². The molecule has 3 N–H and O–H groups in total. The molecule has 0 amide bonds. The highest BCUT2D eigenvalue weighted by atomic mass is 16.6. The number of nitrogens with one attached hydrogen (secondary N) is 2. The van der Waals surface area contributed by atoms with Crippen LogP contribution in [0.2, 0.25) is 0 Å². The molecule has 2 unspecified atom stereocenters. The molecule has 2 aromatic rings. The van der Waals surface area contributed by atoms with Crippen LogP contribution in [0, 0.1) is 10.1 Å². The maximum atomic E-state index is 11.0. The first kappa shape index (κ1) is 13.1. The molecule has 0 saturated carbocycles. The minimum atomic E-state index is -0.647. The third kappa shape index (κ3) is 2.17. The molecule has 1 fully saturated rings. The van der Waals surface area contributed by atoms with Crippen molar-refractivity contribution < 1.29 is 10.0 Å². The molecule has 0 aliphatic carbocycles. The van der Waals surface area contributed by atoms with Gasteiger partial charge in [-0.3, -0.25) is 10.1 Å². The lowest BCUT2D eigenvalue weighted by molar-refractivity contribution is -0.383. The second kappa shape index (κ2) is 5.22. The van der Waals surface area contributed by atoms with Gasteiger partial charge in [0.2, 0.25) is 0 Å². The van der Waals surface area contributed by atoms with E-state index < -0.39 is 11.0 Å². The average Bonchev–Trinajstić information content (AvgIpc) is 2.91. The van der Waals surface area contributed by atoms with E-state index in [0.29, 0.717) is 5.52 Å². The Labute approximate surface area is 116 Å². The summed E-state index contributed by atoms with van der Waals surface area (Å²) >= 11 is 0. The fourth-order valence-corrected chi connectivity index (χ4v) is 2.92. The van der Waals surface area contributed by atoms with Crippen molar-refractivity contribution in [3.05, 3.63) is 40.1 Å². The quantitative estimate of drug-likeness (QED) is 0.592. The molecule has 1 aromatic heterocycles. The van der Waals surface area contributed by atoms with Crippen molar-refractivity contribution in [1.82, 2.24) is 10.3 Å². The molecule has 0 radical (unpaired) electrons. The Morgan fingerprint density at radius 2 is 2.25 bits per heavy atom. The number of aromatic amines is 1. The lowest BCUT2D eigenvalue weighted by Gasteiger charge is -2.27. The number of benzene rings is 1. The highest BCUT2D eigenvalue weighted by molar-refractivity contribution is 5.90. The first-order valence-corrected chi connectivity index (χ1v) is 6.84. The van der Waals surface area contributed by atoms with Gasteiger partial charge in [0.05, 0.1) is 11.0 Å². The Morgan fingerprint density at radius 3 is 2.95 bits per heavy atom. The maximum Gasteiger partial charge on any atom is 0.293 e. The van der Waals surface area contributed by atoms with Gasteiger partial charge in [0.15, 0.2) is 0 Å². The summed E-state index contributed by atoms with van der Waals surface area (Å²) in [6.45, 7) is 0.907. The molecule has 1 aliphatic rings. The molecule has 1 saturated heterocycles. The third-order valence-electron chi connectivity index (χ3n) is 3.97. The minimum absolute atomic E-state index is 0.0158. The van der Waals surface area contributed by atoms with Crippen molar-refractivity contribution in [3.8, 4) is 0 Å². The summed E-state index contributed by atoms with van der Waals surface area (Å²) in [6, 6.07) is 4.94. The number of nitro groups is 1. The molecule has 0 spiro atoms. The van der Waals surface area contributed by atoms with E-state index in [-0.39, 0.29) is 11.7 Å². The maximum absolute atomic E-state index is 11.0. The van der Waals surface area contributed by atoms with Crippen LogP contribution >= 0.6 is 0 Å². The summed E-state index contributed by atoms with van der Waals surface area (Å²) in [6.07, 6.45) is 4.17. The number of non-ortho nitro benzene ring substituents is 1. The second-order valence-electron chi connectivity index (χ2n) is 5.20. The highest BCUT2D eigenvalue weighted by Crippen LogP contribution is 2.32. The number of hydrogen-bond acceptors (Lipinski definition) is 4. The normalized spacial score (nSPS) is 20.9. The van der Waals surface area contributed by atoms with E-state index in [1.165, 1.54) is 6.07 Å². The lowest BCUT2D eigenvalue weighted by atomic mass is 9.94. The number of aliphatic hydroxyl groups is 1. The van der Waals surface area contributed by atoms with Crippen LogP contribution in [0.5, 0.6) is 0 Å². The van der Waals surface area contributed by atoms with Crippen LogP contribution in [-0.2, 0) is 0 Å². The van der Waals surface area contributed by atoms with Crippen LogP contribution in [0.15, 0.2) is 24.4 Å². The van der Waals surface area contributed by atoms with Crippen LogP contribution in [0.25, 0.3) is 10.9 Å². The monoisotopic (exact) mass is 275 g/mol. The zero-order valence-electron chi connectivity index (χ0n) is 11.0. The molecule has 6 nitrogen and oxygen atoms in total. The zero-order chi connectivity index (χ0) is 14.1. The van der Waals surface area contributed by atoms with Crippen LogP contribution in [0.1, 0.15) is 30.9 Å². The Kier molecular flexibility index (Phi) is 3.42. The number of rotatable bonds is 3. The van der Waals surface area contributed by atoms with E-state index in [9.17, 15) is 15.2 Å². The number of H-pyrrole nitrogens is 1. The Morgan fingerprint density at radius 1 is 1.40 bits per heavy atom. The van der Waals surface area contributed by atoms with Gasteiger partial charge in [-0.25, -0.2) is 0 Å². The molecular weight excluding hydrogens is 258 g/mol. The van der Waals surface area contributed by atoms with Crippen LogP contribution in [0.4, 0.5) is 5.69 Å². The van der Waals surface area contributed by atoms with Gasteiger partial charge in [0.25, 0.3) is 5.69 Å². The fraction of sp³-hybridized carbons (Fsp3) is 0.429. The number of nitrogens with zero attached hydrogens (tertiary/aromatic N) is 1. The number of aromatic nitrogens is 1. The van der Waals surface area contributed by atoms with Gasteiger partial charge in [-0.2, -0.15) is 0 Å². The smallest absolute Gasteiger partial charge is 0.293 e. The largest absolute Gasteiger partial charge is 0.387 e. The summed E-state index contributed by atoms with van der Waals surface area (Å²) in [5, 5.41) is 25.5. The molecule has 6 heteroatoms. The SMILES string of the molecule is O=[N+]([O-])c1cccc2c(C(O)C3CCCCN3)c[nH]c12. The predicted molar refractivity (Wildman–Crippen MR) is 75.6 cm³/mol. The van der Waals surface area contributed by atoms with Gasteiger partial charge in [0, 0.05) is 29.3 Å². The number of aliphatic hydroxyl groups excluding tert-OH is 1. The van der Waals surface area contributed by atoms with Gasteiger partial charge in [-0.05, 0) is 19.4 Å². The first-order chi connectivity index (χ1) is 9.68. The number of fused-ring (bicyclic) bond motifs is 1. The van der Waals surface area contributed by atoms with Crippen molar-refractivity contribution >= 4 is 16.6 Å². The predicted octanol–water partition coefficient (Wildman–Crippen LogP) is 2.25. The molecule has 3 rings (SSSR count). The summed E-state index contributed by atoms with van der Waals surface area (Å²) in [7, 11) is 0. The Bertz CT molecular complexity index is 632. The molecule has 106 valence electrons. The van der Waals surface area contributed by atoms with Gasteiger partial charge < -0.3 is 15.4 Å². The van der Waals surface area contributed by atoms with E-state index in [0.717, 1.165) is 36.8 Å². The number of nitro benzene ring substituents is 1. The van der Waals surface area contributed by atoms with Crippen LogP contribution in [-0.4, -0.2) is 27.6 Å². The molecule has 0 bridgehead atoms. The average molecular weight is 275 g/mol. The van der Waals surface area contributed by atoms with Crippen molar-refractivity contribution in [1.29, 1.82) is 0 Å². The number of piperidine rings is 1. The second-order valence-corrected chi connectivity index (χ2v) is 5.20. The number of para-hydroxylation sites is 1.